The molecule has 2 rings (SSSR count). The van der Waals surface area contributed by atoms with Gasteiger partial charge in [0.05, 0.1) is 13.7 Å². The van der Waals surface area contributed by atoms with Gasteiger partial charge in [0.2, 0.25) is 11.7 Å². The molecule has 0 unspecified atom stereocenters. The summed E-state index contributed by atoms with van der Waals surface area (Å²) in [6.07, 6.45) is 6.41. The van der Waals surface area contributed by atoms with Gasteiger partial charge in [0.1, 0.15) is 5.69 Å². The first-order valence-corrected chi connectivity index (χ1v) is 6.02. The topological polar surface area (TPSA) is 61.6 Å². The first kappa shape index (κ1) is 12.8. The van der Waals surface area contributed by atoms with Crippen LogP contribution in [0.3, 0.4) is 0 Å². The van der Waals surface area contributed by atoms with E-state index in [1.165, 1.54) is 13.5 Å². The maximum absolute atomic E-state index is 11.6. The van der Waals surface area contributed by atoms with Gasteiger partial charge in [-0.2, -0.15) is 0 Å². The summed E-state index contributed by atoms with van der Waals surface area (Å²) in [5.74, 6) is 0.139. The maximum atomic E-state index is 11.6. The summed E-state index contributed by atoms with van der Waals surface area (Å²) < 4.78 is 15.2. The highest BCUT2D eigenvalue weighted by atomic mass is 16.5. The smallest absolute Gasteiger partial charge is 0.376 e. The van der Waals surface area contributed by atoms with E-state index in [0.29, 0.717) is 11.6 Å². The fraction of sp³-hybridized carbons (Fsp3) is 0.538. The van der Waals surface area contributed by atoms with Gasteiger partial charge in [-0.05, 0) is 25.7 Å². The van der Waals surface area contributed by atoms with Crippen LogP contribution in [0.25, 0.3) is 5.57 Å². The van der Waals surface area contributed by atoms with Gasteiger partial charge in [-0.3, -0.25) is 0 Å². The Hall–Kier alpha value is -1.62. The molecule has 18 heavy (non-hydrogen) atoms. The minimum atomic E-state index is -0.516. The Kier molecular flexibility index (Phi) is 4.15. The molecule has 0 fully saturated rings. The Morgan fingerprint density at radius 1 is 1.44 bits per heavy atom. The zero-order valence-electron chi connectivity index (χ0n) is 10.7. The number of rotatable bonds is 4. The number of allylic oxidation sites excluding steroid dienone is 2. The second-order valence-corrected chi connectivity index (χ2v) is 4.19. The second-order valence-electron chi connectivity index (χ2n) is 4.19. The molecule has 0 bridgehead atoms. The molecule has 1 heterocycles. The van der Waals surface area contributed by atoms with Crippen molar-refractivity contribution in [3.63, 3.8) is 0 Å². The molecule has 1 aliphatic carbocycles. The monoisotopic (exact) mass is 251 g/mol. The van der Waals surface area contributed by atoms with Gasteiger partial charge in [0.25, 0.3) is 0 Å². The van der Waals surface area contributed by atoms with Crippen molar-refractivity contribution < 1.29 is 18.7 Å². The minimum absolute atomic E-state index is 0.140. The molecule has 1 aromatic rings. The summed E-state index contributed by atoms with van der Waals surface area (Å²) in [4.78, 5) is 15.9. The van der Waals surface area contributed by atoms with E-state index in [9.17, 15) is 4.79 Å². The molecule has 0 aliphatic heterocycles. The highest BCUT2D eigenvalue weighted by molar-refractivity contribution is 5.87. The van der Waals surface area contributed by atoms with Crippen LogP contribution in [-0.4, -0.2) is 25.2 Å². The van der Waals surface area contributed by atoms with Crippen molar-refractivity contribution in [3.05, 3.63) is 23.4 Å². The van der Waals surface area contributed by atoms with Gasteiger partial charge in [-0.25, -0.2) is 9.78 Å². The zero-order valence-corrected chi connectivity index (χ0v) is 10.7. The van der Waals surface area contributed by atoms with Crippen molar-refractivity contribution in [3.8, 4) is 0 Å². The van der Waals surface area contributed by atoms with Crippen molar-refractivity contribution in [1.82, 2.24) is 4.98 Å². The van der Waals surface area contributed by atoms with Crippen LogP contribution in [0, 0.1) is 0 Å². The molecule has 5 nitrogen and oxygen atoms in total. The van der Waals surface area contributed by atoms with Crippen molar-refractivity contribution in [2.24, 2.45) is 0 Å². The van der Waals surface area contributed by atoms with Crippen molar-refractivity contribution in [2.45, 2.75) is 32.3 Å². The SMILES string of the molecule is COCc1nc(C2=CCCCC2)oc1C(=O)OC. The fourth-order valence-electron chi connectivity index (χ4n) is 2.01. The summed E-state index contributed by atoms with van der Waals surface area (Å²) in [6, 6.07) is 0. The third-order valence-electron chi connectivity index (χ3n) is 2.91. The second kappa shape index (κ2) is 5.82. The van der Waals surface area contributed by atoms with E-state index < -0.39 is 5.97 Å². The van der Waals surface area contributed by atoms with Crippen LogP contribution in [0.5, 0.6) is 0 Å². The number of carbonyl (C=O) groups is 1. The van der Waals surface area contributed by atoms with Crippen LogP contribution in [0.2, 0.25) is 0 Å². The van der Waals surface area contributed by atoms with Gasteiger partial charge in [0.15, 0.2) is 0 Å². The van der Waals surface area contributed by atoms with Gasteiger partial charge >= 0.3 is 5.97 Å². The van der Waals surface area contributed by atoms with E-state index >= 15 is 0 Å². The number of hydrogen-bond acceptors (Lipinski definition) is 5. The molecule has 0 atom stereocenters. The molecule has 1 aromatic heterocycles. The van der Waals surface area contributed by atoms with E-state index in [1.807, 2.05) is 0 Å². The first-order chi connectivity index (χ1) is 8.76. The summed E-state index contributed by atoms with van der Waals surface area (Å²) in [5, 5.41) is 0. The maximum Gasteiger partial charge on any atom is 0.376 e. The van der Waals surface area contributed by atoms with Crippen LogP contribution in [0.15, 0.2) is 10.5 Å². The highest BCUT2D eigenvalue weighted by Gasteiger charge is 2.22. The van der Waals surface area contributed by atoms with Crippen LogP contribution in [0.4, 0.5) is 0 Å². The number of hydrogen-bond donors (Lipinski definition) is 0. The first-order valence-electron chi connectivity index (χ1n) is 6.02. The summed E-state index contributed by atoms with van der Waals surface area (Å²) >= 11 is 0. The molecular formula is C13H17NO4. The molecule has 0 spiro atoms. The molecule has 0 saturated heterocycles. The Labute approximate surface area is 106 Å². The van der Waals surface area contributed by atoms with Gasteiger partial charge < -0.3 is 13.9 Å². The summed E-state index contributed by atoms with van der Waals surface area (Å²) in [7, 11) is 2.87. The van der Waals surface area contributed by atoms with E-state index in [0.717, 1.165) is 24.8 Å². The van der Waals surface area contributed by atoms with Crippen molar-refractivity contribution in [1.29, 1.82) is 0 Å². The van der Waals surface area contributed by atoms with E-state index in [4.69, 9.17) is 9.15 Å². The summed E-state index contributed by atoms with van der Waals surface area (Å²) in [6.45, 7) is 0.237. The number of ether oxygens (including phenoxy) is 2. The average molecular weight is 251 g/mol. The molecule has 0 N–H and O–H groups in total. The molecular weight excluding hydrogens is 234 g/mol. The molecule has 0 radical (unpaired) electrons. The Morgan fingerprint density at radius 2 is 2.28 bits per heavy atom. The highest BCUT2D eigenvalue weighted by Crippen LogP contribution is 2.28. The van der Waals surface area contributed by atoms with Crippen molar-refractivity contribution in [2.75, 3.05) is 14.2 Å². The van der Waals surface area contributed by atoms with Crippen LogP contribution in [-0.2, 0) is 16.1 Å². The van der Waals surface area contributed by atoms with Crippen LogP contribution in [0.1, 0.15) is 47.8 Å². The Balaban J connectivity index is 2.32. The number of esters is 1. The molecule has 5 heteroatoms. The third kappa shape index (κ3) is 2.61. The zero-order chi connectivity index (χ0) is 13.0. The van der Waals surface area contributed by atoms with Gasteiger partial charge in [-0.1, -0.05) is 6.08 Å². The van der Waals surface area contributed by atoms with Crippen molar-refractivity contribution >= 4 is 11.5 Å². The number of aromatic nitrogens is 1. The van der Waals surface area contributed by atoms with Gasteiger partial charge in [0, 0.05) is 12.7 Å². The number of carbonyl (C=O) groups excluding carboxylic acids is 1. The predicted octanol–water partition coefficient (Wildman–Crippen LogP) is 2.57. The lowest BCUT2D eigenvalue weighted by molar-refractivity contribution is 0.0558. The number of nitrogens with zero attached hydrogens (tertiary/aromatic N) is 1. The lowest BCUT2D eigenvalue weighted by Gasteiger charge is -2.08. The average Bonchev–Trinajstić information content (AvgIpc) is 2.83. The van der Waals surface area contributed by atoms with Crippen LogP contribution >= 0.6 is 0 Å². The van der Waals surface area contributed by atoms with Gasteiger partial charge in [-0.15, -0.1) is 0 Å². The minimum Gasteiger partial charge on any atom is -0.463 e. The lowest BCUT2D eigenvalue weighted by Crippen LogP contribution is -2.04. The summed E-state index contributed by atoms with van der Waals surface area (Å²) in [5.41, 5.74) is 1.56. The molecule has 1 aliphatic rings. The number of methoxy groups -OCH3 is 2. The standard InChI is InChI=1S/C13H17NO4/c1-16-8-10-11(13(15)17-2)18-12(14-10)9-6-4-3-5-7-9/h6H,3-5,7-8H2,1-2H3. The van der Waals surface area contributed by atoms with E-state index in [-0.39, 0.29) is 12.4 Å². The quantitative estimate of drug-likeness (QED) is 0.769. The number of oxazole rings is 1. The predicted molar refractivity (Wildman–Crippen MR) is 65.0 cm³/mol. The Morgan fingerprint density at radius 3 is 2.89 bits per heavy atom. The Bertz CT molecular complexity index is 462. The molecule has 0 saturated carbocycles. The van der Waals surface area contributed by atoms with E-state index in [1.54, 1.807) is 7.11 Å². The van der Waals surface area contributed by atoms with Crippen LogP contribution < -0.4 is 0 Å². The molecule has 0 aromatic carbocycles. The molecule has 0 amide bonds. The fourth-order valence-corrected chi connectivity index (χ4v) is 2.01. The largest absolute Gasteiger partial charge is 0.463 e. The van der Waals surface area contributed by atoms with E-state index in [2.05, 4.69) is 15.8 Å². The normalized spacial score (nSPS) is 15.3. The lowest BCUT2D eigenvalue weighted by atomic mass is 10.00. The molecule has 98 valence electrons. The third-order valence-corrected chi connectivity index (χ3v) is 2.91.